The highest BCUT2D eigenvalue weighted by molar-refractivity contribution is 6.30. The van der Waals surface area contributed by atoms with Crippen molar-refractivity contribution in [2.45, 2.75) is 39.7 Å². The molecule has 6 nitrogen and oxygen atoms in total. The number of aryl methyl sites for hydroxylation is 3. The number of carbonyl (C=O) groups is 2. The first-order valence-corrected chi connectivity index (χ1v) is 10.3. The second kappa shape index (κ2) is 7.95. The number of fused-ring (bicyclic) bond motifs is 1. The van der Waals surface area contributed by atoms with Gasteiger partial charge in [-0.1, -0.05) is 48.4 Å². The summed E-state index contributed by atoms with van der Waals surface area (Å²) in [7, 11) is 0. The number of anilines is 2. The first kappa shape index (κ1) is 20.2. The molecule has 0 aliphatic carbocycles. The van der Waals surface area contributed by atoms with Crippen molar-refractivity contribution in [3.8, 4) is 11.1 Å². The van der Waals surface area contributed by atoms with Crippen LogP contribution in [-0.2, 0) is 16.0 Å². The van der Waals surface area contributed by atoms with Crippen LogP contribution in [0.25, 0.3) is 11.1 Å². The normalized spacial score (nSPS) is 15.1. The summed E-state index contributed by atoms with van der Waals surface area (Å²) in [6.45, 7) is 5.96. The van der Waals surface area contributed by atoms with Gasteiger partial charge < -0.3 is 10.6 Å². The summed E-state index contributed by atoms with van der Waals surface area (Å²) in [5, 5.41) is 11.1. The molecule has 2 N–H and O–H groups in total. The van der Waals surface area contributed by atoms with E-state index >= 15 is 0 Å². The third-order valence-corrected chi connectivity index (χ3v) is 5.54. The van der Waals surface area contributed by atoms with Gasteiger partial charge in [0.2, 0.25) is 5.91 Å². The third-order valence-electron chi connectivity index (χ3n) is 5.31. The molecular formula is C23H23ClN4O2. The molecule has 0 saturated carbocycles. The molecule has 2 heterocycles. The molecule has 1 aliphatic rings. The maximum Gasteiger partial charge on any atom is 0.251 e. The third kappa shape index (κ3) is 3.71. The maximum atomic E-state index is 12.7. The van der Waals surface area contributed by atoms with Gasteiger partial charge in [-0.2, -0.15) is 5.10 Å². The largest absolute Gasteiger partial charge is 0.326 e. The number of amides is 2. The number of halogens is 1. The smallest absolute Gasteiger partial charge is 0.251 e. The van der Waals surface area contributed by atoms with Crippen molar-refractivity contribution >= 4 is 34.9 Å². The molecule has 1 aromatic heterocycles. The molecule has 0 radical (unpaired) electrons. The quantitative estimate of drug-likeness (QED) is 0.613. The summed E-state index contributed by atoms with van der Waals surface area (Å²) < 4.78 is 1.64. The molecule has 0 saturated heterocycles. The number of aromatic nitrogens is 2. The summed E-state index contributed by atoms with van der Waals surface area (Å²) in [4.78, 5) is 25.4. The van der Waals surface area contributed by atoms with Crippen molar-refractivity contribution in [3.63, 3.8) is 0 Å². The van der Waals surface area contributed by atoms with Crippen molar-refractivity contribution in [2.24, 2.45) is 0 Å². The Balaban J connectivity index is 1.62. The zero-order valence-corrected chi connectivity index (χ0v) is 17.9. The molecule has 30 heavy (non-hydrogen) atoms. The molecule has 1 aliphatic heterocycles. The predicted molar refractivity (Wildman–Crippen MR) is 119 cm³/mol. The van der Waals surface area contributed by atoms with Crippen molar-refractivity contribution in [3.05, 3.63) is 64.3 Å². The fourth-order valence-corrected chi connectivity index (χ4v) is 4.03. The topological polar surface area (TPSA) is 76.0 Å². The van der Waals surface area contributed by atoms with E-state index in [1.807, 2.05) is 57.2 Å². The molecular weight excluding hydrogens is 400 g/mol. The van der Waals surface area contributed by atoms with Crippen molar-refractivity contribution in [2.75, 3.05) is 10.6 Å². The van der Waals surface area contributed by atoms with Gasteiger partial charge in [0.05, 0.1) is 12.1 Å². The number of hydrogen-bond donors (Lipinski definition) is 2. The van der Waals surface area contributed by atoms with Crippen LogP contribution in [0.1, 0.15) is 36.2 Å². The van der Waals surface area contributed by atoms with Gasteiger partial charge in [-0.3, -0.25) is 9.59 Å². The zero-order chi connectivity index (χ0) is 21.4. The van der Waals surface area contributed by atoms with Gasteiger partial charge in [-0.15, -0.1) is 0 Å². The van der Waals surface area contributed by atoms with E-state index in [0.29, 0.717) is 17.3 Å². The molecule has 7 heteroatoms. The van der Waals surface area contributed by atoms with Gasteiger partial charge in [0.15, 0.2) is 0 Å². The van der Waals surface area contributed by atoms with Gasteiger partial charge in [0.1, 0.15) is 11.9 Å². The first-order valence-electron chi connectivity index (χ1n) is 9.92. The van der Waals surface area contributed by atoms with Crippen LogP contribution in [0.15, 0.2) is 42.5 Å². The number of nitrogens with one attached hydrogen (secondary N) is 2. The van der Waals surface area contributed by atoms with Gasteiger partial charge in [-0.05, 0) is 49.6 Å². The molecule has 0 spiro atoms. The SMILES string of the molecule is CCc1nn2c(c1-c1cccc(Cl)c1)NC(=O)C2CC(=O)Nc1ccc(C)cc1C. The Bertz CT molecular complexity index is 1150. The first-order chi connectivity index (χ1) is 14.4. The molecule has 2 aromatic carbocycles. The highest BCUT2D eigenvalue weighted by Crippen LogP contribution is 2.39. The summed E-state index contributed by atoms with van der Waals surface area (Å²) in [6.07, 6.45) is 0.700. The maximum absolute atomic E-state index is 12.7. The number of hydrogen-bond acceptors (Lipinski definition) is 3. The van der Waals surface area contributed by atoms with Crippen molar-refractivity contribution in [1.82, 2.24) is 9.78 Å². The Morgan fingerprint density at radius 3 is 2.73 bits per heavy atom. The lowest BCUT2D eigenvalue weighted by molar-refractivity contribution is -0.123. The number of rotatable bonds is 5. The van der Waals surface area contributed by atoms with Crippen LogP contribution in [0, 0.1) is 13.8 Å². The van der Waals surface area contributed by atoms with Crippen LogP contribution < -0.4 is 10.6 Å². The van der Waals surface area contributed by atoms with Crippen LogP contribution in [0.3, 0.4) is 0 Å². The summed E-state index contributed by atoms with van der Waals surface area (Å²) in [5.74, 6) is 0.149. The van der Waals surface area contributed by atoms with E-state index in [4.69, 9.17) is 11.6 Å². The van der Waals surface area contributed by atoms with Crippen LogP contribution in [-0.4, -0.2) is 21.6 Å². The zero-order valence-electron chi connectivity index (χ0n) is 17.1. The van der Waals surface area contributed by atoms with Crippen LogP contribution in [0.2, 0.25) is 5.02 Å². The summed E-state index contributed by atoms with van der Waals surface area (Å²) in [5.41, 5.74) is 5.45. The van der Waals surface area contributed by atoms with E-state index in [1.54, 1.807) is 10.7 Å². The second-order valence-corrected chi connectivity index (χ2v) is 7.99. The Morgan fingerprint density at radius 2 is 2.03 bits per heavy atom. The molecule has 4 rings (SSSR count). The lowest BCUT2D eigenvalue weighted by Gasteiger charge is -2.12. The van der Waals surface area contributed by atoms with Gasteiger partial charge in [0.25, 0.3) is 5.91 Å². The molecule has 3 aromatic rings. The lowest BCUT2D eigenvalue weighted by Crippen LogP contribution is -2.24. The second-order valence-electron chi connectivity index (χ2n) is 7.55. The molecule has 1 unspecified atom stereocenters. The summed E-state index contributed by atoms with van der Waals surface area (Å²) in [6, 6.07) is 12.6. The van der Waals surface area contributed by atoms with Gasteiger partial charge in [-0.25, -0.2) is 4.68 Å². The molecule has 154 valence electrons. The number of benzene rings is 2. The van der Waals surface area contributed by atoms with E-state index in [1.165, 1.54) is 0 Å². The standard InChI is InChI=1S/C23H23ClN4O2/c1-4-17-21(15-6-5-7-16(24)11-15)22-26-23(30)19(28(22)27-17)12-20(29)25-18-9-8-13(2)10-14(18)3/h5-11,19H,4,12H2,1-3H3,(H,25,29)(H,26,30). The minimum Gasteiger partial charge on any atom is -0.326 e. The predicted octanol–water partition coefficient (Wildman–Crippen LogP) is 4.90. The average molecular weight is 423 g/mol. The average Bonchev–Trinajstić information content (AvgIpc) is 3.19. The van der Waals surface area contributed by atoms with E-state index < -0.39 is 6.04 Å². The van der Waals surface area contributed by atoms with E-state index in [2.05, 4.69) is 15.7 Å². The van der Waals surface area contributed by atoms with Crippen molar-refractivity contribution in [1.29, 1.82) is 0 Å². The van der Waals surface area contributed by atoms with Crippen LogP contribution >= 0.6 is 11.6 Å². The number of carbonyl (C=O) groups excluding carboxylic acids is 2. The Hall–Kier alpha value is -3.12. The van der Waals surface area contributed by atoms with Gasteiger partial charge >= 0.3 is 0 Å². The Kier molecular flexibility index (Phi) is 5.35. The number of nitrogens with zero attached hydrogens (tertiary/aromatic N) is 2. The lowest BCUT2D eigenvalue weighted by atomic mass is 10.0. The Labute approximate surface area is 180 Å². The summed E-state index contributed by atoms with van der Waals surface area (Å²) >= 11 is 6.17. The molecule has 0 bridgehead atoms. The Morgan fingerprint density at radius 1 is 1.23 bits per heavy atom. The van der Waals surface area contributed by atoms with E-state index in [0.717, 1.165) is 33.6 Å². The fraction of sp³-hybridized carbons (Fsp3) is 0.261. The fourth-order valence-electron chi connectivity index (χ4n) is 3.84. The van der Waals surface area contributed by atoms with Crippen LogP contribution in [0.5, 0.6) is 0 Å². The minimum absolute atomic E-state index is 0.00592. The van der Waals surface area contributed by atoms with Crippen LogP contribution in [0.4, 0.5) is 11.5 Å². The molecule has 1 atom stereocenters. The van der Waals surface area contributed by atoms with E-state index in [9.17, 15) is 9.59 Å². The minimum atomic E-state index is -0.691. The van der Waals surface area contributed by atoms with E-state index in [-0.39, 0.29) is 18.2 Å². The molecule has 0 fully saturated rings. The molecule has 2 amide bonds. The highest BCUT2D eigenvalue weighted by Gasteiger charge is 2.36. The van der Waals surface area contributed by atoms with Gasteiger partial charge in [0, 0.05) is 16.3 Å². The highest BCUT2D eigenvalue weighted by atomic mass is 35.5. The monoisotopic (exact) mass is 422 g/mol. The van der Waals surface area contributed by atoms with Crippen molar-refractivity contribution < 1.29 is 9.59 Å².